The molecule has 5 heteroatoms. The van der Waals surface area contributed by atoms with Gasteiger partial charge in [0.25, 0.3) is 0 Å². The summed E-state index contributed by atoms with van der Waals surface area (Å²) in [6.07, 6.45) is 0. The second-order valence-electron chi connectivity index (χ2n) is 4.18. The van der Waals surface area contributed by atoms with E-state index >= 15 is 0 Å². The second-order valence-corrected chi connectivity index (χ2v) is 5.09. The van der Waals surface area contributed by atoms with Crippen LogP contribution < -0.4 is 5.32 Å². The summed E-state index contributed by atoms with van der Waals surface area (Å²) in [4.78, 5) is 13.9. The van der Waals surface area contributed by atoms with Crippen molar-refractivity contribution >= 4 is 33.1 Å². The van der Waals surface area contributed by atoms with E-state index in [1.54, 1.807) is 16.2 Å². The number of thiophene rings is 1. The number of rotatable bonds is 1. The Morgan fingerprint density at radius 2 is 2.06 bits per heavy atom. The Morgan fingerprint density at radius 1 is 1.28 bits per heavy atom. The van der Waals surface area contributed by atoms with Crippen LogP contribution in [0.2, 0.25) is 0 Å². The first-order chi connectivity index (χ1) is 8.84. The Balaban J connectivity index is 1.77. The summed E-state index contributed by atoms with van der Waals surface area (Å²) in [7, 11) is 0. The number of nitrogens with one attached hydrogen (secondary N) is 1. The number of fused-ring (bicyclic) bond motifs is 1. The van der Waals surface area contributed by atoms with E-state index in [0.29, 0.717) is 26.3 Å². The molecule has 94 valence electrons. The van der Waals surface area contributed by atoms with Crippen molar-refractivity contribution in [3.05, 3.63) is 29.6 Å². The highest BCUT2D eigenvalue weighted by Gasteiger charge is 2.17. The van der Waals surface area contributed by atoms with Gasteiger partial charge in [0.05, 0.1) is 18.9 Å². The normalized spacial score (nSPS) is 15.9. The molecule has 0 spiro atoms. The predicted octanol–water partition coefficient (Wildman–Crippen LogP) is 2.77. The zero-order valence-corrected chi connectivity index (χ0v) is 10.7. The van der Waals surface area contributed by atoms with Gasteiger partial charge < -0.3 is 15.0 Å². The molecule has 2 amide bonds. The van der Waals surface area contributed by atoms with Gasteiger partial charge >= 0.3 is 6.03 Å². The van der Waals surface area contributed by atoms with Gasteiger partial charge in [-0.05, 0) is 6.07 Å². The van der Waals surface area contributed by atoms with Gasteiger partial charge in [-0.2, -0.15) is 0 Å². The molecule has 4 nitrogen and oxygen atoms in total. The molecule has 1 aliphatic heterocycles. The van der Waals surface area contributed by atoms with Crippen LogP contribution in [0.4, 0.5) is 10.5 Å². The van der Waals surface area contributed by atoms with Gasteiger partial charge in [-0.15, -0.1) is 11.3 Å². The van der Waals surface area contributed by atoms with E-state index in [9.17, 15) is 4.79 Å². The second kappa shape index (κ2) is 4.96. The molecule has 2 aromatic rings. The average molecular weight is 262 g/mol. The molecule has 1 N–H and O–H groups in total. The van der Waals surface area contributed by atoms with Gasteiger partial charge in [0, 0.05) is 28.6 Å². The van der Waals surface area contributed by atoms with Crippen molar-refractivity contribution in [2.75, 3.05) is 31.6 Å². The van der Waals surface area contributed by atoms with Crippen molar-refractivity contribution in [3.8, 4) is 0 Å². The summed E-state index contributed by atoms with van der Waals surface area (Å²) in [5.74, 6) is 0. The Morgan fingerprint density at radius 3 is 2.89 bits per heavy atom. The number of ether oxygens (including phenoxy) is 1. The number of hydrogen-bond donors (Lipinski definition) is 1. The van der Waals surface area contributed by atoms with Crippen molar-refractivity contribution in [2.45, 2.75) is 0 Å². The number of benzene rings is 1. The van der Waals surface area contributed by atoms with Crippen molar-refractivity contribution in [2.24, 2.45) is 0 Å². The lowest BCUT2D eigenvalue weighted by atomic mass is 10.2. The fourth-order valence-electron chi connectivity index (χ4n) is 2.04. The maximum Gasteiger partial charge on any atom is 0.322 e. The number of amides is 2. The summed E-state index contributed by atoms with van der Waals surface area (Å²) in [6, 6.07) is 8.04. The number of anilines is 1. The number of hydrogen-bond acceptors (Lipinski definition) is 3. The SMILES string of the molecule is O=C(Nc1csc2ccccc12)N1CCOCC1. The van der Waals surface area contributed by atoms with Gasteiger partial charge in [0.2, 0.25) is 0 Å². The highest BCUT2D eigenvalue weighted by molar-refractivity contribution is 7.17. The van der Waals surface area contributed by atoms with Crippen LogP contribution in [0.25, 0.3) is 10.1 Å². The van der Waals surface area contributed by atoms with E-state index in [1.165, 1.54) is 4.70 Å². The molecule has 0 bridgehead atoms. The molecular weight excluding hydrogens is 248 g/mol. The molecule has 1 saturated heterocycles. The molecule has 2 heterocycles. The van der Waals surface area contributed by atoms with E-state index in [4.69, 9.17) is 4.74 Å². The standard InChI is InChI=1S/C13H14N2O2S/c16-13(15-5-7-17-8-6-15)14-11-9-18-12-4-2-1-3-10(11)12/h1-4,9H,5-8H2,(H,14,16). The van der Waals surface area contributed by atoms with E-state index in [-0.39, 0.29) is 6.03 Å². The molecular formula is C13H14N2O2S. The number of nitrogens with zero attached hydrogens (tertiary/aromatic N) is 1. The third kappa shape index (κ3) is 2.19. The molecule has 0 saturated carbocycles. The van der Waals surface area contributed by atoms with E-state index in [0.717, 1.165) is 11.1 Å². The third-order valence-electron chi connectivity index (χ3n) is 3.02. The highest BCUT2D eigenvalue weighted by atomic mass is 32.1. The zero-order valence-electron chi connectivity index (χ0n) is 9.89. The van der Waals surface area contributed by atoms with Gasteiger partial charge in [0.15, 0.2) is 0 Å². The lowest BCUT2D eigenvalue weighted by molar-refractivity contribution is 0.0565. The fraction of sp³-hybridized carbons (Fsp3) is 0.308. The minimum atomic E-state index is -0.0400. The Hall–Kier alpha value is -1.59. The Labute approximate surface area is 109 Å². The number of carbonyl (C=O) groups is 1. The van der Waals surface area contributed by atoms with Crippen molar-refractivity contribution in [3.63, 3.8) is 0 Å². The quantitative estimate of drug-likeness (QED) is 0.858. The molecule has 0 radical (unpaired) electrons. The summed E-state index contributed by atoms with van der Waals surface area (Å²) in [6.45, 7) is 2.57. The van der Waals surface area contributed by atoms with Gasteiger partial charge in [-0.25, -0.2) is 4.79 Å². The summed E-state index contributed by atoms with van der Waals surface area (Å²) >= 11 is 1.64. The van der Waals surface area contributed by atoms with Crippen LogP contribution in [0.1, 0.15) is 0 Å². The van der Waals surface area contributed by atoms with Gasteiger partial charge in [0.1, 0.15) is 0 Å². The molecule has 1 aromatic heterocycles. The van der Waals surface area contributed by atoms with Crippen molar-refractivity contribution in [1.82, 2.24) is 4.90 Å². The Kier molecular flexibility index (Phi) is 3.17. The molecule has 1 fully saturated rings. The fourth-order valence-corrected chi connectivity index (χ4v) is 2.93. The van der Waals surface area contributed by atoms with Gasteiger partial charge in [-0.3, -0.25) is 0 Å². The lowest BCUT2D eigenvalue weighted by Crippen LogP contribution is -2.43. The maximum atomic E-state index is 12.1. The number of morpholine rings is 1. The first-order valence-electron chi connectivity index (χ1n) is 5.94. The van der Waals surface area contributed by atoms with Crippen LogP contribution in [-0.2, 0) is 4.74 Å². The molecule has 0 unspecified atom stereocenters. The van der Waals surface area contributed by atoms with Crippen LogP contribution in [0, 0.1) is 0 Å². The smallest absolute Gasteiger partial charge is 0.322 e. The lowest BCUT2D eigenvalue weighted by Gasteiger charge is -2.26. The minimum absolute atomic E-state index is 0.0400. The van der Waals surface area contributed by atoms with Crippen LogP contribution in [0.3, 0.4) is 0 Å². The molecule has 1 aliphatic rings. The van der Waals surface area contributed by atoms with E-state index in [1.807, 2.05) is 23.6 Å². The summed E-state index contributed by atoms with van der Waals surface area (Å²) in [5, 5.41) is 6.07. The van der Waals surface area contributed by atoms with Crippen molar-refractivity contribution in [1.29, 1.82) is 0 Å². The molecule has 1 aromatic carbocycles. The summed E-state index contributed by atoms with van der Waals surface area (Å²) in [5.41, 5.74) is 0.895. The molecule has 0 aliphatic carbocycles. The third-order valence-corrected chi connectivity index (χ3v) is 3.98. The summed E-state index contributed by atoms with van der Waals surface area (Å²) < 4.78 is 6.43. The number of urea groups is 1. The minimum Gasteiger partial charge on any atom is -0.378 e. The predicted molar refractivity (Wildman–Crippen MR) is 73.2 cm³/mol. The van der Waals surface area contributed by atoms with E-state index < -0.39 is 0 Å². The largest absolute Gasteiger partial charge is 0.378 e. The molecule has 3 rings (SSSR count). The zero-order chi connectivity index (χ0) is 12.4. The monoisotopic (exact) mass is 262 g/mol. The molecule has 18 heavy (non-hydrogen) atoms. The first-order valence-corrected chi connectivity index (χ1v) is 6.82. The van der Waals surface area contributed by atoms with Crippen molar-refractivity contribution < 1.29 is 9.53 Å². The maximum absolute atomic E-state index is 12.1. The van der Waals surface area contributed by atoms with Gasteiger partial charge in [-0.1, -0.05) is 18.2 Å². The van der Waals surface area contributed by atoms with Crippen LogP contribution in [0.5, 0.6) is 0 Å². The number of carbonyl (C=O) groups excluding carboxylic acids is 1. The van der Waals surface area contributed by atoms with Crippen LogP contribution >= 0.6 is 11.3 Å². The average Bonchev–Trinajstić information content (AvgIpc) is 2.83. The topological polar surface area (TPSA) is 41.6 Å². The van der Waals surface area contributed by atoms with Crippen LogP contribution in [0.15, 0.2) is 29.6 Å². The van der Waals surface area contributed by atoms with Crippen LogP contribution in [-0.4, -0.2) is 37.2 Å². The molecule has 0 atom stereocenters. The van der Waals surface area contributed by atoms with E-state index in [2.05, 4.69) is 11.4 Å². The Bertz CT molecular complexity index is 561. The first kappa shape index (κ1) is 11.5. The highest BCUT2D eigenvalue weighted by Crippen LogP contribution is 2.29.